The van der Waals surface area contributed by atoms with Crippen molar-refractivity contribution in [3.05, 3.63) is 64.6 Å². The molecular weight excluding hydrogens is 314 g/mol. The first-order valence-electron chi connectivity index (χ1n) is 6.70. The molecule has 0 aliphatic rings. The summed E-state index contributed by atoms with van der Waals surface area (Å²) in [4.78, 5) is 19.9. The number of methoxy groups -OCH3 is 1. The van der Waals surface area contributed by atoms with Gasteiger partial charge in [-0.2, -0.15) is 0 Å². The Hall–Kier alpha value is -2.93. The number of carbonyl (C=O) groups is 1. The number of phenols is 1. The topological polar surface area (TPSA) is 77.2 Å². The van der Waals surface area contributed by atoms with Crippen molar-refractivity contribution < 1.29 is 14.6 Å². The van der Waals surface area contributed by atoms with Gasteiger partial charge < -0.3 is 14.4 Å². The lowest BCUT2D eigenvalue weighted by atomic mass is 10.1. The zero-order chi connectivity index (χ0) is 16.2. The molecule has 0 bridgehead atoms. The van der Waals surface area contributed by atoms with Crippen molar-refractivity contribution >= 4 is 29.1 Å². The number of esters is 1. The van der Waals surface area contributed by atoms with E-state index in [0.717, 1.165) is 16.3 Å². The number of imidazole rings is 1. The Morgan fingerprint density at radius 1 is 1.39 bits per heavy atom. The summed E-state index contributed by atoms with van der Waals surface area (Å²) < 4.78 is 6.46. The Kier molecular flexibility index (Phi) is 4.20. The van der Waals surface area contributed by atoms with Gasteiger partial charge >= 0.3 is 5.97 Å². The number of phenolic OH excluding ortho intramolecular Hbond substituents is 1. The average Bonchev–Trinajstić information content (AvgIpc) is 3.25. The van der Waals surface area contributed by atoms with Gasteiger partial charge in [0.25, 0.3) is 0 Å². The Morgan fingerprint density at radius 2 is 2.26 bits per heavy atom. The van der Waals surface area contributed by atoms with Crippen LogP contribution >= 0.6 is 11.3 Å². The monoisotopic (exact) mass is 327 g/mol. The maximum Gasteiger partial charge on any atom is 0.341 e. The summed E-state index contributed by atoms with van der Waals surface area (Å²) in [6.07, 6.45) is 8.76. The van der Waals surface area contributed by atoms with Crippen molar-refractivity contribution in [2.45, 2.75) is 0 Å². The van der Waals surface area contributed by atoms with Crippen LogP contribution in [0, 0.1) is 0 Å². The first kappa shape index (κ1) is 15.0. The minimum absolute atomic E-state index is 0.128. The molecule has 0 aliphatic carbocycles. The number of thiazole rings is 1. The highest BCUT2D eigenvalue weighted by molar-refractivity contribution is 7.10. The average molecular weight is 327 g/mol. The molecule has 1 aromatic carbocycles. The minimum atomic E-state index is -0.576. The number of benzene rings is 1. The number of ether oxygens (including phenoxy) is 1. The van der Waals surface area contributed by atoms with Crippen LogP contribution in [0.4, 0.5) is 0 Å². The van der Waals surface area contributed by atoms with E-state index < -0.39 is 5.97 Å². The van der Waals surface area contributed by atoms with E-state index in [1.807, 2.05) is 22.2 Å². The smallest absolute Gasteiger partial charge is 0.341 e. The minimum Gasteiger partial charge on any atom is -0.507 e. The van der Waals surface area contributed by atoms with Gasteiger partial charge in [0.15, 0.2) is 0 Å². The lowest BCUT2D eigenvalue weighted by Gasteiger charge is -2.07. The lowest BCUT2D eigenvalue weighted by Crippen LogP contribution is -2.01. The number of hydrogen-bond acceptors (Lipinski definition) is 6. The molecule has 0 spiro atoms. The first-order valence-corrected chi connectivity index (χ1v) is 7.58. The largest absolute Gasteiger partial charge is 0.507 e. The van der Waals surface area contributed by atoms with Crippen LogP contribution < -0.4 is 0 Å². The molecule has 0 saturated carbocycles. The highest BCUT2D eigenvalue weighted by Gasteiger charge is 2.12. The molecule has 0 aliphatic heterocycles. The van der Waals surface area contributed by atoms with Gasteiger partial charge in [-0.1, -0.05) is 6.07 Å². The van der Waals surface area contributed by atoms with E-state index >= 15 is 0 Å². The summed E-state index contributed by atoms with van der Waals surface area (Å²) in [5, 5.41) is 12.7. The van der Waals surface area contributed by atoms with E-state index in [2.05, 4.69) is 14.7 Å². The lowest BCUT2D eigenvalue weighted by molar-refractivity contribution is 0.0597. The van der Waals surface area contributed by atoms with E-state index in [1.165, 1.54) is 30.6 Å². The third-order valence-corrected chi connectivity index (χ3v) is 3.96. The van der Waals surface area contributed by atoms with Gasteiger partial charge in [0.1, 0.15) is 16.3 Å². The summed E-state index contributed by atoms with van der Waals surface area (Å²) in [7, 11) is 1.27. The van der Waals surface area contributed by atoms with Crippen LogP contribution in [0.2, 0.25) is 0 Å². The fourth-order valence-electron chi connectivity index (χ4n) is 2.08. The van der Waals surface area contributed by atoms with Crippen molar-refractivity contribution in [3.63, 3.8) is 0 Å². The summed E-state index contributed by atoms with van der Waals surface area (Å²) in [6.45, 7) is 0. The second-order valence-electron chi connectivity index (χ2n) is 4.60. The van der Waals surface area contributed by atoms with E-state index in [0.29, 0.717) is 0 Å². The molecule has 0 saturated heterocycles. The molecule has 2 heterocycles. The zero-order valence-corrected chi connectivity index (χ0v) is 13.0. The molecule has 2 aromatic heterocycles. The van der Waals surface area contributed by atoms with E-state index in [9.17, 15) is 9.90 Å². The zero-order valence-electron chi connectivity index (χ0n) is 12.2. The highest BCUT2D eigenvalue weighted by atomic mass is 32.1. The number of carbonyl (C=O) groups excluding carboxylic acids is 1. The Balaban J connectivity index is 2.04. The normalized spacial score (nSPS) is 11.4. The summed E-state index contributed by atoms with van der Waals surface area (Å²) >= 11 is 1.50. The predicted molar refractivity (Wildman–Crippen MR) is 87.1 cm³/mol. The van der Waals surface area contributed by atoms with E-state index in [-0.39, 0.29) is 11.3 Å². The van der Waals surface area contributed by atoms with Gasteiger partial charge in [-0.05, 0) is 23.8 Å². The molecule has 3 rings (SSSR count). The van der Waals surface area contributed by atoms with Crippen molar-refractivity contribution in [3.8, 4) is 5.75 Å². The number of aromatic nitrogens is 3. The van der Waals surface area contributed by atoms with Crippen molar-refractivity contribution in [1.82, 2.24) is 14.5 Å². The van der Waals surface area contributed by atoms with Crippen LogP contribution in [0.1, 0.15) is 20.9 Å². The molecule has 6 nitrogen and oxygen atoms in total. The second-order valence-corrected chi connectivity index (χ2v) is 5.50. The predicted octanol–water partition coefficient (Wildman–Crippen LogP) is 2.88. The maximum absolute atomic E-state index is 11.5. The number of aromatic hydroxyl groups is 1. The third-order valence-electron chi connectivity index (χ3n) is 3.16. The standard InChI is InChI=1S/C16H13N3O3S/c1-22-16(21)12-3-2-11(9-14(12)20)8-13(15-18-5-7-23-15)19-6-4-17-10-19/h2-10,20H,1H3/b13-8+. The van der Waals surface area contributed by atoms with Crippen LogP contribution in [0.3, 0.4) is 0 Å². The number of rotatable bonds is 4. The molecule has 0 amide bonds. The van der Waals surface area contributed by atoms with Crippen LogP contribution in [0.25, 0.3) is 11.8 Å². The molecule has 1 N–H and O–H groups in total. The maximum atomic E-state index is 11.5. The van der Waals surface area contributed by atoms with Gasteiger partial charge in [-0.25, -0.2) is 14.8 Å². The van der Waals surface area contributed by atoms with Gasteiger partial charge in [0.05, 0.1) is 19.1 Å². The number of hydrogen-bond donors (Lipinski definition) is 1. The second kappa shape index (κ2) is 6.45. The molecule has 7 heteroatoms. The van der Waals surface area contributed by atoms with Crippen LogP contribution in [-0.2, 0) is 4.74 Å². The molecule has 0 atom stereocenters. The van der Waals surface area contributed by atoms with Crippen molar-refractivity contribution in [2.75, 3.05) is 7.11 Å². The molecule has 0 unspecified atom stereocenters. The fourth-order valence-corrected chi connectivity index (χ4v) is 2.73. The molecule has 23 heavy (non-hydrogen) atoms. The van der Waals surface area contributed by atoms with Crippen molar-refractivity contribution in [1.29, 1.82) is 0 Å². The molecule has 3 aromatic rings. The fraction of sp³-hybridized carbons (Fsp3) is 0.0625. The van der Waals surface area contributed by atoms with Crippen molar-refractivity contribution in [2.24, 2.45) is 0 Å². The molecular formula is C16H13N3O3S. The SMILES string of the molecule is COC(=O)c1ccc(/C=C(\c2nccs2)n2ccnc2)cc1O. The third kappa shape index (κ3) is 3.14. The summed E-state index contributed by atoms with van der Waals surface area (Å²) in [5.74, 6) is -0.706. The molecule has 0 fully saturated rings. The van der Waals surface area contributed by atoms with Crippen LogP contribution in [0.5, 0.6) is 5.75 Å². The summed E-state index contributed by atoms with van der Waals surface area (Å²) in [5.41, 5.74) is 1.68. The molecule has 0 radical (unpaired) electrons. The van der Waals surface area contributed by atoms with E-state index in [1.54, 1.807) is 24.8 Å². The highest BCUT2D eigenvalue weighted by Crippen LogP contribution is 2.25. The summed E-state index contributed by atoms with van der Waals surface area (Å²) in [6, 6.07) is 4.77. The van der Waals surface area contributed by atoms with Crippen LogP contribution in [-0.4, -0.2) is 32.7 Å². The van der Waals surface area contributed by atoms with Gasteiger partial charge in [-0.15, -0.1) is 11.3 Å². The Bertz CT molecular complexity index is 803. The van der Waals surface area contributed by atoms with Gasteiger partial charge in [0.2, 0.25) is 0 Å². The Labute approximate surface area is 136 Å². The van der Waals surface area contributed by atoms with E-state index in [4.69, 9.17) is 0 Å². The molecule has 116 valence electrons. The number of nitrogens with zero attached hydrogens (tertiary/aromatic N) is 3. The van der Waals surface area contributed by atoms with Gasteiger partial charge in [0, 0.05) is 24.0 Å². The first-order chi connectivity index (χ1) is 11.2. The van der Waals surface area contributed by atoms with Crippen LogP contribution in [0.15, 0.2) is 48.5 Å². The van der Waals surface area contributed by atoms with Gasteiger partial charge in [-0.3, -0.25) is 0 Å². The quantitative estimate of drug-likeness (QED) is 0.746. The Morgan fingerprint density at radius 3 is 2.87 bits per heavy atom.